The van der Waals surface area contributed by atoms with Gasteiger partial charge in [-0.3, -0.25) is 14.5 Å². The highest BCUT2D eigenvalue weighted by Gasteiger charge is 2.39. The summed E-state index contributed by atoms with van der Waals surface area (Å²) in [7, 11) is 1.52. The second kappa shape index (κ2) is 7.64. The van der Waals surface area contributed by atoms with Crippen molar-refractivity contribution in [2.24, 2.45) is 0 Å². The van der Waals surface area contributed by atoms with E-state index in [1.165, 1.54) is 7.11 Å². The van der Waals surface area contributed by atoms with Crippen LogP contribution < -0.4 is 15.4 Å². The molecular weight excluding hydrogens is 336 g/mol. The van der Waals surface area contributed by atoms with Gasteiger partial charge in [0.15, 0.2) is 0 Å². The van der Waals surface area contributed by atoms with Crippen LogP contribution >= 0.6 is 0 Å². The molecule has 0 saturated carbocycles. The average molecular weight is 354 g/mol. The van der Waals surface area contributed by atoms with Crippen molar-refractivity contribution < 1.29 is 19.1 Å². The van der Waals surface area contributed by atoms with E-state index in [1.54, 1.807) is 48.7 Å². The van der Waals surface area contributed by atoms with Gasteiger partial charge in [-0.2, -0.15) is 0 Å². The molecule has 1 aliphatic rings. The van der Waals surface area contributed by atoms with Gasteiger partial charge in [-0.15, -0.1) is 0 Å². The lowest BCUT2D eigenvalue weighted by Crippen LogP contribution is -2.34. The fourth-order valence-corrected chi connectivity index (χ4v) is 2.68. The molecule has 0 aliphatic carbocycles. The third kappa shape index (κ3) is 3.80. The van der Waals surface area contributed by atoms with E-state index in [1.807, 2.05) is 0 Å². The summed E-state index contributed by atoms with van der Waals surface area (Å²) in [6, 6.07) is 10.8. The van der Waals surface area contributed by atoms with Gasteiger partial charge in [0.2, 0.25) is 5.91 Å². The lowest BCUT2D eigenvalue weighted by atomic mass is 10.1. The van der Waals surface area contributed by atoms with Crippen LogP contribution in [-0.4, -0.2) is 40.9 Å². The fourth-order valence-electron chi connectivity index (χ4n) is 2.68. The molecule has 1 fully saturated rings. The molecule has 1 atom stereocenters. The Morgan fingerprint density at radius 3 is 2.73 bits per heavy atom. The number of nitrogens with zero attached hydrogens (tertiary/aromatic N) is 2. The molecule has 3 rings (SSSR count). The Balaban J connectivity index is 1.64. The smallest absolute Gasteiger partial charge is 0.325 e. The number of benzene rings is 1. The number of pyridine rings is 1. The van der Waals surface area contributed by atoms with E-state index in [-0.39, 0.29) is 13.0 Å². The zero-order chi connectivity index (χ0) is 18.5. The number of ether oxygens (including phenoxy) is 1. The highest BCUT2D eigenvalue weighted by molar-refractivity contribution is 6.06. The first kappa shape index (κ1) is 17.4. The predicted molar refractivity (Wildman–Crippen MR) is 93.3 cm³/mol. The lowest BCUT2D eigenvalue weighted by molar-refractivity contribution is -0.130. The molecule has 1 aliphatic heterocycles. The van der Waals surface area contributed by atoms with Gasteiger partial charge in [-0.05, 0) is 18.2 Å². The van der Waals surface area contributed by atoms with Gasteiger partial charge in [-0.25, -0.2) is 9.78 Å². The minimum atomic E-state index is -0.902. The fraction of sp³-hybridized carbons (Fsp3) is 0.222. The highest BCUT2D eigenvalue weighted by atomic mass is 16.5. The summed E-state index contributed by atoms with van der Waals surface area (Å²) in [5, 5.41) is 5.14. The van der Waals surface area contributed by atoms with Crippen molar-refractivity contribution >= 4 is 23.7 Å². The number of hydrogen-bond donors (Lipinski definition) is 2. The van der Waals surface area contributed by atoms with Crippen LogP contribution in [-0.2, 0) is 16.1 Å². The summed E-state index contributed by atoms with van der Waals surface area (Å²) < 4.78 is 5.24. The molecule has 1 saturated heterocycles. The molecule has 2 aromatic rings. The van der Waals surface area contributed by atoms with Gasteiger partial charge >= 0.3 is 6.03 Å². The zero-order valence-electron chi connectivity index (χ0n) is 14.1. The van der Waals surface area contributed by atoms with Gasteiger partial charge < -0.3 is 15.4 Å². The van der Waals surface area contributed by atoms with E-state index in [0.29, 0.717) is 17.1 Å². The number of carbonyl (C=O) groups is 3. The number of rotatable bonds is 6. The van der Waals surface area contributed by atoms with Gasteiger partial charge in [0.05, 0.1) is 20.1 Å². The van der Waals surface area contributed by atoms with E-state index in [0.717, 1.165) is 4.90 Å². The molecule has 1 aromatic heterocycles. The molecule has 0 unspecified atom stereocenters. The van der Waals surface area contributed by atoms with Gasteiger partial charge in [0.25, 0.3) is 5.91 Å². The monoisotopic (exact) mass is 354 g/mol. The molecule has 8 heteroatoms. The number of nitrogens with one attached hydrogen (secondary N) is 2. The number of imide groups is 1. The maximum atomic E-state index is 12.5. The first-order valence-corrected chi connectivity index (χ1v) is 8.03. The molecule has 2 heterocycles. The van der Waals surface area contributed by atoms with E-state index < -0.39 is 23.9 Å². The Labute approximate surface area is 150 Å². The van der Waals surface area contributed by atoms with Crippen LogP contribution in [0.5, 0.6) is 5.75 Å². The van der Waals surface area contributed by atoms with Crippen LogP contribution in [0.2, 0.25) is 0 Å². The summed E-state index contributed by atoms with van der Waals surface area (Å²) >= 11 is 0. The minimum absolute atomic E-state index is 0.0764. The van der Waals surface area contributed by atoms with Crippen LogP contribution in [0.15, 0.2) is 48.7 Å². The number of para-hydroxylation sites is 1. The number of urea groups is 1. The SMILES string of the molecule is COc1ccccc1CN1C(=O)N[C@H](CC(=O)Nc2ccccn2)C1=O. The summed E-state index contributed by atoms with van der Waals surface area (Å²) in [5.74, 6) is 0.128. The van der Waals surface area contributed by atoms with Crippen LogP contribution in [0, 0.1) is 0 Å². The Bertz CT molecular complexity index is 825. The number of carbonyl (C=O) groups excluding carboxylic acids is 3. The average Bonchev–Trinajstić information content (AvgIpc) is 2.90. The Kier molecular flexibility index (Phi) is 5.12. The third-order valence-corrected chi connectivity index (χ3v) is 3.95. The molecular formula is C18H18N4O4. The molecule has 0 bridgehead atoms. The van der Waals surface area contributed by atoms with Crippen molar-refractivity contribution in [3.05, 3.63) is 54.2 Å². The maximum absolute atomic E-state index is 12.5. The molecule has 0 radical (unpaired) electrons. The summed E-state index contributed by atoms with van der Waals surface area (Å²) in [6.45, 7) is 0.0764. The van der Waals surface area contributed by atoms with Crippen molar-refractivity contribution in [3.8, 4) is 5.75 Å². The van der Waals surface area contributed by atoms with Crippen LogP contribution in [0.4, 0.5) is 10.6 Å². The quantitative estimate of drug-likeness (QED) is 0.767. The summed E-state index contributed by atoms with van der Waals surface area (Å²) in [5.41, 5.74) is 0.706. The van der Waals surface area contributed by atoms with E-state index in [9.17, 15) is 14.4 Å². The number of hydrogen-bond acceptors (Lipinski definition) is 5. The van der Waals surface area contributed by atoms with Crippen LogP contribution in [0.25, 0.3) is 0 Å². The molecule has 134 valence electrons. The van der Waals surface area contributed by atoms with E-state index in [4.69, 9.17) is 4.74 Å². The van der Waals surface area contributed by atoms with Gasteiger partial charge in [0, 0.05) is 11.8 Å². The van der Waals surface area contributed by atoms with Crippen molar-refractivity contribution in [2.75, 3.05) is 12.4 Å². The number of methoxy groups -OCH3 is 1. The Hall–Kier alpha value is -3.42. The molecule has 4 amide bonds. The number of aromatic nitrogens is 1. The van der Waals surface area contributed by atoms with E-state index >= 15 is 0 Å². The highest BCUT2D eigenvalue weighted by Crippen LogP contribution is 2.22. The topological polar surface area (TPSA) is 101 Å². The Morgan fingerprint density at radius 2 is 2.00 bits per heavy atom. The molecule has 26 heavy (non-hydrogen) atoms. The van der Waals surface area contributed by atoms with Gasteiger partial charge in [0.1, 0.15) is 17.6 Å². The van der Waals surface area contributed by atoms with Crippen molar-refractivity contribution in [3.63, 3.8) is 0 Å². The lowest BCUT2D eigenvalue weighted by Gasteiger charge is -2.15. The van der Waals surface area contributed by atoms with Gasteiger partial charge in [-0.1, -0.05) is 24.3 Å². The van der Waals surface area contributed by atoms with Crippen LogP contribution in [0.1, 0.15) is 12.0 Å². The maximum Gasteiger partial charge on any atom is 0.325 e. The number of anilines is 1. The first-order valence-electron chi connectivity index (χ1n) is 8.03. The summed E-state index contributed by atoms with van der Waals surface area (Å²) in [4.78, 5) is 41.8. The first-order chi connectivity index (χ1) is 12.6. The molecule has 8 nitrogen and oxygen atoms in total. The minimum Gasteiger partial charge on any atom is -0.496 e. The number of amides is 4. The largest absolute Gasteiger partial charge is 0.496 e. The van der Waals surface area contributed by atoms with Crippen molar-refractivity contribution in [1.29, 1.82) is 0 Å². The van der Waals surface area contributed by atoms with Crippen molar-refractivity contribution in [2.45, 2.75) is 19.0 Å². The standard InChI is InChI=1S/C18H18N4O4/c1-26-14-7-3-2-6-12(14)11-22-17(24)13(20-18(22)25)10-16(23)21-15-8-4-5-9-19-15/h2-9,13H,10-11H2,1H3,(H,20,25)(H,19,21,23)/t13-/m1/s1. The Morgan fingerprint density at radius 1 is 1.23 bits per heavy atom. The second-order valence-corrected chi connectivity index (χ2v) is 5.71. The normalized spacial score (nSPS) is 16.3. The molecule has 0 spiro atoms. The second-order valence-electron chi connectivity index (χ2n) is 5.71. The van der Waals surface area contributed by atoms with Crippen molar-refractivity contribution in [1.82, 2.24) is 15.2 Å². The predicted octanol–water partition coefficient (Wildman–Crippen LogP) is 1.54. The third-order valence-electron chi connectivity index (χ3n) is 3.95. The molecule has 1 aromatic carbocycles. The molecule has 2 N–H and O–H groups in total. The van der Waals surface area contributed by atoms with Crippen LogP contribution in [0.3, 0.4) is 0 Å². The van der Waals surface area contributed by atoms with E-state index in [2.05, 4.69) is 15.6 Å². The summed E-state index contributed by atoms with van der Waals surface area (Å²) in [6.07, 6.45) is 1.39. The zero-order valence-corrected chi connectivity index (χ0v) is 14.1.